The van der Waals surface area contributed by atoms with Crippen LogP contribution in [0.3, 0.4) is 0 Å². The molecule has 0 aromatic heterocycles. The summed E-state index contributed by atoms with van der Waals surface area (Å²) in [5.41, 5.74) is 20.0. The molecule has 9 aromatic carbocycles. The first-order chi connectivity index (χ1) is 34.0. The van der Waals surface area contributed by atoms with E-state index in [0.717, 1.165) is 22.7 Å². The van der Waals surface area contributed by atoms with Gasteiger partial charge in [0.1, 0.15) is 0 Å². The smallest absolute Gasteiger partial charge is 0.0546 e. The van der Waals surface area contributed by atoms with Crippen molar-refractivity contribution in [2.45, 2.75) is 95.3 Å². The molecule has 2 saturated carbocycles. The zero-order valence-corrected chi connectivity index (χ0v) is 40.3. The molecule has 0 N–H and O–H groups in total. The van der Waals surface area contributed by atoms with Crippen molar-refractivity contribution in [2.75, 3.05) is 9.80 Å². The largest absolute Gasteiger partial charge is 0.311 e. The molecule has 340 valence electrons. The third kappa shape index (κ3) is 8.14. The Morgan fingerprint density at radius 2 is 0.812 bits per heavy atom. The van der Waals surface area contributed by atoms with Gasteiger partial charge in [0.05, 0.1) is 5.69 Å². The van der Waals surface area contributed by atoms with E-state index in [1.54, 1.807) is 0 Å². The molecule has 0 radical (unpaired) electrons. The minimum Gasteiger partial charge on any atom is -0.311 e. The van der Waals surface area contributed by atoms with E-state index in [-0.39, 0.29) is 5.41 Å². The Bertz CT molecular complexity index is 3170. The van der Waals surface area contributed by atoms with Gasteiger partial charge in [-0.2, -0.15) is 0 Å². The molecular weight excluding hydrogens is 833 g/mol. The molecule has 3 aliphatic carbocycles. The van der Waals surface area contributed by atoms with Crippen LogP contribution < -0.4 is 9.80 Å². The first-order valence-corrected chi connectivity index (χ1v) is 25.8. The highest BCUT2D eigenvalue weighted by molar-refractivity contribution is 6.00. The minimum atomic E-state index is -0.202. The predicted octanol–water partition coefficient (Wildman–Crippen LogP) is 19.5. The van der Waals surface area contributed by atoms with Gasteiger partial charge in [0, 0.05) is 39.4 Å². The molecule has 2 nitrogen and oxygen atoms in total. The van der Waals surface area contributed by atoms with Gasteiger partial charge in [-0.3, -0.25) is 0 Å². The molecule has 2 fully saturated rings. The second-order valence-electron chi connectivity index (χ2n) is 20.6. The van der Waals surface area contributed by atoms with Crippen molar-refractivity contribution in [3.63, 3.8) is 0 Å². The Morgan fingerprint density at radius 1 is 0.348 bits per heavy atom. The van der Waals surface area contributed by atoms with Crippen LogP contribution in [0.2, 0.25) is 0 Å². The number of nitrogens with zero attached hydrogens (tertiary/aromatic N) is 2. The van der Waals surface area contributed by atoms with Crippen LogP contribution in [0.25, 0.3) is 44.2 Å². The topological polar surface area (TPSA) is 6.48 Å². The Morgan fingerprint density at radius 3 is 1.36 bits per heavy atom. The summed E-state index contributed by atoms with van der Waals surface area (Å²) in [5, 5.41) is 2.45. The van der Waals surface area contributed by atoms with E-state index in [9.17, 15) is 0 Å². The van der Waals surface area contributed by atoms with Crippen LogP contribution in [0.4, 0.5) is 34.1 Å². The fourth-order valence-corrected chi connectivity index (χ4v) is 12.3. The number of benzene rings is 9. The van der Waals surface area contributed by atoms with Gasteiger partial charge in [0.15, 0.2) is 0 Å². The highest BCUT2D eigenvalue weighted by Crippen LogP contribution is 2.54. The monoisotopic (exact) mass is 894 g/mol. The van der Waals surface area contributed by atoms with Crippen molar-refractivity contribution in [3.8, 4) is 33.4 Å². The fraction of sp³-hybridized carbons (Fsp3) is 0.224. The van der Waals surface area contributed by atoms with Gasteiger partial charge >= 0.3 is 0 Å². The van der Waals surface area contributed by atoms with Crippen molar-refractivity contribution in [1.82, 2.24) is 0 Å². The molecule has 0 atom stereocenters. The Kier molecular flexibility index (Phi) is 11.5. The molecule has 0 unspecified atom stereocenters. The van der Waals surface area contributed by atoms with E-state index in [4.69, 9.17) is 0 Å². The standard InChI is InChI=1S/C67H62N2/c1-67(2)63-29-17-28-60(51-22-11-5-12-23-51)66(63)61-43-42-59(46-64(61)67)69(65-45-54-27-16-15-26-53(54)44-62(65)52-24-13-6-14-25-52)58-40-38-57(39-41-58)68(55-34-30-49(31-35-55)47-18-7-3-8-19-47)56-36-32-50(33-37-56)48-20-9-4-10-21-48/h5-6,11-17,22-48H,3-4,7-10,18-21H2,1-2H3. The van der Waals surface area contributed by atoms with Gasteiger partial charge in [-0.25, -0.2) is 0 Å². The highest BCUT2D eigenvalue weighted by Gasteiger charge is 2.38. The van der Waals surface area contributed by atoms with Crippen molar-refractivity contribution in [2.24, 2.45) is 0 Å². The molecule has 0 aliphatic heterocycles. The third-order valence-corrected chi connectivity index (χ3v) is 16.0. The second kappa shape index (κ2) is 18.4. The lowest BCUT2D eigenvalue weighted by atomic mass is 9.81. The summed E-state index contributed by atoms with van der Waals surface area (Å²) >= 11 is 0. The van der Waals surface area contributed by atoms with E-state index in [2.05, 4.69) is 230 Å². The molecule has 3 aliphatic rings. The van der Waals surface area contributed by atoms with Crippen LogP contribution in [0, 0.1) is 0 Å². The fourth-order valence-electron chi connectivity index (χ4n) is 12.3. The number of anilines is 6. The maximum absolute atomic E-state index is 2.51. The van der Waals surface area contributed by atoms with Crippen LogP contribution in [0.5, 0.6) is 0 Å². The van der Waals surface area contributed by atoms with Crippen LogP contribution in [0.15, 0.2) is 206 Å². The van der Waals surface area contributed by atoms with E-state index in [1.807, 2.05) is 0 Å². The van der Waals surface area contributed by atoms with Gasteiger partial charge in [-0.15, -0.1) is 0 Å². The molecule has 69 heavy (non-hydrogen) atoms. The van der Waals surface area contributed by atoms with Gasteiger partial charge in [0.25, 0.3) is 0 Å². The molecule has 0 spiro atoms. The molecular formula is C67H62N2. The summed E-state index contributed by atoms with van der Waals surface area (Å²) in [6.07, 6.45) is 13.3. The summed E-state index contributed by atoms with van der Waals surface area (Å²) < 4.78 is 0. The lowest BCUT2D eigenvalue weighted by Gasteiger charge is -2.31. The van der Waals surface area contributed by atoms with E-state index >= 15 is 0 Å². The van der Waals surface area contributed by atoms with Crippen LogP contribution >= 0.6 is 0 Å². The second-order valence-corrected chi connectivity index (χ2v) is 20.6. The number of hydrogen-bond acceptors (Lipinski definition) is 2. The van der Waals surface area contributed by atoms with Crippen molar-refractivity contribution < 1.29 is 0 Å². The maximum Gasteiger partial charge on any atom is 0.0546 e. The third-order valence-electron chi connectivity index (χ3n) is 16.0. The molecule has 0 amide bonds. The average molecular weight is 895 g/mol. The summed E-state index contributed by atoms with van der Waals surface area (Å²) in [4.78, 5) is 4.98. The lowest BCUT2D eigenvalue weighted by Crippen LogP contribution is -2.17. The Hall–Kier alpha value is -7.16. The Balaban J connectivity index is 1.00. The zero-order valence-electron chi connectivity index (χ0n) is 40.3. The number of fused-ring (bicyclic) bond motifs is 4. The van der Waals surface area contributed by atoms with Crippen molar-refractivity contribution in [3.05, 3.63) is 229 Å². The normalized spacial score (nSPS) is 15.7. The van der Waals surface area contributed by atoms with Gasteiger partial charge < -0.3 is 9.80 Å². The molecule has 0 bridgehead atoms. The van der Waals surface area contributed by atoms with Crippen LogP contribution in [0.1, 0.15) is 112 Å². The zero-order chi connectivity index (χ0) is 46.3. The van der Waals surface area contributed by atoms with Crippen molar-refractivity contribution >= 4 is 44.9 Å². The quantitative estimate of drug-likeness (QED) is 0.135. The minimum absolute atomic E-state index is 0.202. The molecule has 0 heterocycles. The predicted molar refractivity (Wildman–Crippen MR) is 293 cm³/mol. The molecule has 12 rings (SSSR count). The first kappa shape index (κ1) is 43.1. The lowest BCUT2D eigenvalue weighted by molar-refractivity contribution is 0.443. The van der Waals surface area contributed by atoms with Gasteiger partial charge in [-0.05, 0) is 171 Å². The van der Waals surface area contributed by atoms with E-state index < -0.39 is 0 Å². The summed E-state index contributed by atoms with van der Waals surface area (Å²) in [5.74, 6) is 1.34. The molecule has 9 aromatic rings. The maximum atomic E-state index is 2.51. The summed E-state index contributed by atoms with van der Waals surface area (Å²) in [7, 11) is 0. The van der Waals surface area contributed by atoms with Crippen molar-refractivity contribution in [1.29, 1.82) is 0 Å². The summed E-state index contributed by atoms with van der Waals surface area (Å²) in [6, 6.07) is 78.0. The highest BCUT2D eigenvalue weighted by atomic mass is 15.2. The van der Waals surface area contributed by atoms with Gasteiger partial charge in [0.2, 0.25) is 0 Å². The van der Waals surface area contributed by atoms with Gasteiger partial charge in [-0.1, -0.05) is 186 Å². The summed E-state index contributed by atoms with van der Waals surface area (Å²) in [6.45, 7) is 4.80. The van der Waals surface area contributed by atoms with Crippen LogP contribution in [-0.2, 0) is 5.41 Å². The number of hydrogen-bond donors (Lipinski definition) is 0. The van der Waals surface area contributed by atoms with E-state index in [0.29, 0.717) is 11.8 Å². The SMILES string of the molecule is CC1(C)c2cc(N(c3ccc(N(c4ccc(C5CCCCC5)cc4)c4ccc(C5CCCCC5)cc4)cc3)c3cc4ccccc4cc3-c3ccccc3)ccc2-c2c(-c3ccccc3)cccc21. The van der Waals surface area contributed by atoms with E-state index in [1.165, 1.54) is 142 Å². The first-order valence-electron chi connectivity index (χ1n) is 25.8. The average Bonchev–Trinajstić information content (AvgIpc) is 3.65. The number of rotatable bonds is 10. The van der Waals surface area contributed by atoms with Crippen LogP contribution in [-0.4, -0.2) is 0 Å². The molecule has 2 heteroatoms. The molecule has 0 saturated heterocycles. The Labute approximate surface area is 409 Å².